The molecule has 25 heavy (non-hydrogen) atoms. The van der Waals surface area contributed by atoms with Gasteiger partial charge in [-0.15, -0.1) is 0 Å². The van der Waals surface area contributed by atoms with E-state index < -0.39 is 52.8 Å². The van der Waals surface area contributed by atoms with Crippen molar-refractivity contribution < 1.29 is 32.3 Å². The largest absolute Gasteiger partial charge is 0.480 e. The van der Waals surface area contributed by atoms with E-state index in [1.165, 1.54) is 0 Å². The van der Waals surface area contributed by atoms with Crippen LogP contribution >= 0.6 is 0 Å². The molecule has 0 fully saturated rings. The Morgan fingerprint density at radius 3 is 2.24 bits per heavy atom. The van der Waals surface area contributed by atoms with E-state index in [0.717, 1.165) is 24.3 Å². The van der Waals surface area contributed by atoms with Crippen LogP contribution in [0.15, 0.2) is 29.2 Å². The average molecular weight is 375 g/mol. The summed E-state index contributed by atoms with van der Waals surface area (Å²) >= 11 is 0. The molecule has 11 heteroatoms. The summed E-state index contributed by atoms with van der Waals surface area (Å²) in [5, 5.41) is 12.7. The van der Waals surface area contributed by atoms with Crippen molar-refractivity contribution >= 4 is 27.8 Å². The van der Waals surface area contributed by atoms with Gasteiger partial charge in [-0.05, 0) is 30.7 Å². The number of rotatable bonds is 9. The van der Waals surface area contributed by atoms with Crippen molar-refractivity contribution in [1.29, 1.82) is 0 Å². The minimum atomic E-state index is -4.05. The maximum atomic E-state index is 12.9. The van der Waals surface area contributed by atoms with Crippen LogP contribution in [0.25, 0.3) is 0 Å². The molecule has 0 spiro atoms. The fourth-order valence-corrected chi connectivity index (χ4v) is 3.00. The number of amides is 2. The van der Waals surface area contributed by atoms with Gasteiger partial charge in [0, 0.05) is 0 Å². The molecule has 0 aromatic heterocycles. The Kier molecular flexibility index (Phi) is 7.45. The highest BCUT2D eigenvalue weighted by Crippen LogP contribution is 2.11. The lowest BCUT2D eigenvalue weighted by atomic mass is 10.2. The number of benzene rings is 1. The molecule has 0 aliphatic carbocycles. The van der Waals surface area contributed by atoms with Gasteiger partial charge < -0.3 is 15.7 Å². The van der Waals surface area contributed by atoms with Crippen LogP contribution in [-0.4, -0.2) is 50.4 Å². The maximum absolute atomic E-state index is 12.9. The zero-order valence-corrected chi connectivity index (χ0v) is 14.1. The minimum absolute atomic E-state index is 0.100. The van der Waals surface area contributed by atoms with E-state index in [1.54, 1.807) is 6.92 Å². The van der Waals surface area contributed by atoms with E-state index in [4.69, 9.17) is 5.11 Å². The summed E-state index contributed by atoms with van der Waals surface area (Å²) in [5.74, 6) is -3.32. The molecular formula is C14H18FN3O6S. The van der Waals surface area contributed by atoms with Crippen LogP contribution < -0.4 is 15.4 Å². The first-order valence-electron chi connectivity index (χ1n) is 7.19. The summed E-state index contributed by atoms with van der Waals surface area (Å²) < 4.78 is 39.4. The Morgan fingerprint density at radius 2 is 1.72 bits per heavy atom. The molecule has 0 bridgehead atoms. The predicted molar refractivity (Wildman–Crippen MR) is 84.5 cm³/mol. The molecule has 1 rings (SSSR count). The third-order valence-electron chi connectivity index (χ3n) is 3.01. The maximum Gasteiger partial charge on any atom is 0.322 e. The number of sulfonamides is 1. The lowest BCUT2D eigenvalue weighted by Crippen LogP contribution is -2.48. The lowest BCUT2D eigenvalue weighted by molar-refractivity contribution is -0.137. The third kappa shape index (κ3) is 6.85. The fraction of sp³-hybridized carbons (Fsp3) is 0.357. The van der Waals surface area contributed by atoms with Gasteiger partial charge in [-0.2, -0.15) is 4.72 Å². The number of hydrogen-bond donors (Lipinski definition) is 4. The first-order valence-corrected chi connectivity index (χ1v) is 8.68. The lowest BCUT2D eigenvalue weighted by Gasteiger charge is -2.16. The van der Waals surface area contributed by atoms with Gasteiger partial charge in [-0.25, -0.2) is 12.8 Å². The number of aliphatic carboxylic acids is 1. The van der Waals surface area contributed by atoms with Gasteiger partial charge in [-0.3, -0.25) is 14.4 Å². The van der Waals surface area contributed by atoms with Gasteiger partial charge in [0.2, 0.25) is 21.8 Å². The Hall–Kier alpha value is -2.53. The highest BCUT2D eigenvalue weighted by atomic mass is 32.2. The molecule has 4 N–H and O–H groups in total. The quantitative estimate of drug-likeness (QED) is 0.445. The summed E-state index contributed by atoms with van der Waals surface area (Å²) in [7, 11) is -4.05. The number of carbonyl (C=O) groups excluding carboxylic acids is 2. The second kappa shape index (κ2) is 9.08. The zero-order chi connectivity index (χ0) is 19.0. The van der Waals surface area contributed by atoms with Crippen molar-refractivity contribution in [3.05, 3.63) is 30.1 Å². The van der Waals surface area contributed by atoms with Gasteiger partial charge in [0.15, 0.2) is 0 Å². The topological polar surface area (TPSA) is 142 Å². The Balaban J connectivity index is 2.65. The number of carbonyl (C=O) groups is 3. The SMILES string of the molecule is CCC(NS(=O)(=O)c1ccc(F)cc1)C(=O)NCC(=O)NCC(=O)O. The smallest absolute Gasteiger partial charge is 0.322 e. The van der Waals surface area contributed by atoms with Crippen LogP contribution in [0, 0.1) is 5.82 Å². The van der Waals surface area contributed by atoms with Gasteiger partial charge in [0.05, 0.1) is 11.4 Å². The summed E-state index contributed by atoms with van der Waals surface area (Å²) in [4.78, 5) is 33.4. The van der Waals surface area contributed by atoms with Crippen molar-refractivity contribution in [2.24, 2.45) is 0 Å². The Morgan fingerprint density at radius 1 is 1.12 bits per heavy atom. The first kappa shape index (κ1) is 20.5. The van der Waals surface area contributed by atoms with Gasteiger partial charge in [0.25, 0.3) is 0 Å². The van der Waals surface area contributed by atoms with Crippen LogP contribution in [0.4, 0.5) is 4.39 Å². The third-order valence-corrected chi connectivity index (χ3v) is 4.49. The number of hydrogen-bond acceptors (Lipinski definition) is 5. The molecule has 0 aliphatic heterocycles. The molecule has 1 unspecified atom stereocenters. The molecule has 0 aliphatic rings. The van der Waals surface area contributed by atoms with Gasteiger partial charge >= 0.3 is 5.97 Å². The van der Waals surface area contributed by atoms with Crippen LogP contribution in [0.5, 0.6) is 0 Å². The molecule has 0 saturated carbocycles. The number of halogens is 1. The van der Waals surface area contributed by atoms with Crippen LogP contribution in [0.2, 0.25) is 0 Å². The average Bonchev–Trinajstić information content (AvgIpc) is 2.56. The molecule has 1 aromatic rings. The van der Waals surface area contributed by atoms with E-state index in [9.17, 15) is 27.2 Å². The fourth-order valence-electron chi connectivity index (χ4n) is 1.72. The van der Waals surface area contributed by atoms with Crippen LogP contribution in [-0.2, 0) is 24.4 Å². The highest BCUT2D eigenvalue weighted by Gasteiger charge is 2.24. The number of carboxylic acids is 1. The molecule has 1 aromatic carbocycles. The summed E-state index contributed by atoms with van der Waals surface area (Å²) in [5.41, 5.74) is 0. The minimum Gasteiger partial charge on any atom is -0.480 e. The Bertz CT molecular complexity index is 735. The molecule has 1 atom stereocenters. The van der Waals surface area contributed by atoms with Crippen molar-refractivity contribution in [1.82, 2.24) is 15.4 Å². The van der Waals surface area contributed by atoms with Gasteiger partial charge in [0.1, 0.15) is 18.4 Å². The van der Waals surface area contributed by atoms with Crippen molar-refractivity contribution in [2.75, 3.05) is 13.1 Å². The molecule has 2 amide bonds. The van der Waals surface area contributed by atoms with Gasteiger partial charge in [-0.1, -0.05) is 6.92 Å². The van der Waals surface area contributed by atoms with Crippen molar-refractivity contribution in [2.45, 2.75) is 24.3 Å². The summed E-state index contributed by atoms with van der Waals surface area (Å²) in [6, 6.07) is 2.91. The van der Waals surface area contributed by atoms with Crippen molar-refractivity contribution in [3.8, 4) is 0 Å². The molecule has 0 radical (unpaired) electrons. The monoisotopic (exact) mass is 375 g/mol. The summed E-state index contributed by atoms with van der Waals surface area (Å²) in [6.07, 6.45) is 0.100. The summed E-state index contributed by atoms with van der Waals surface area (Å²) in [6.45, 7) is 0.464. The zero-order valence-electron chi connectivity index (χ0n) is 13.3. The van der Waals surface area contributed by atoms with Crippen LogP contribution in [0.1, 0.15) is 13.3 Å². The molecule has 0 saturated heterocycles. The van der Waals surface area contributed by atoms with E-state index in [1.807, 2.05) is 5.32 Å². The van der Waals surface area contributed by atoms with E-state index in [2.05, 4.69) is 10.0 Å². The first-order chi connectivity index (χ1) is 11.7. The molecule has 0 heterocycles. The Labute approximate surface area is 143 Å². The van der Waals surface area contributed by atoms with E-state index >= 15 is 0 Å². The van der Waals surface area contributed by atoms with Crippen LogP contribution in [0.3, 0.4) is 0 Å². The molecular weight excluding hydrogens is 357 g/mol. The van der Waals surface area contributed by atoms with E-state index in [0.29, 0.717) is 0 Å². The number of carboxylic acid groups (broad SMARTS) is 1. The second-order valence-electron chi connectivity index (χ2n) is 4.92. The number of nitrogens with one attached hydrogen (secondary N) is 3. The predicted octanol–water partition coefficient (Wildman–Crippen LogP) is -0.800. The van der Waals surface area contributed by atoms with Crippen molar-refractivity contribution in [3.63, 3.8) is 0 Å². The van der Waals surface area contributed by atoms with E-state index in [-0.39, 0.29) is 11.3 Å². The molecule has 138 valence electrons. The molecule has 9 nitrogen and oxygen atoms in total. The standard InChI is InChI=1S/C14H18FN3O6S/c1-2-11(14(22)17-7-12(19)16-8-13(20)21)18-25(23,24)10-5-3-9(15)4-6-10/h3-6,11,18H,2,7-8H2,1H3,(H,16,19)(H,17,22)(H,20,21). The second-order valence-corrected chi connectivity index (χ2v) is 6.64. The normalized spacial score (nSPS) is 12.2. The highest BCUT2D eigenvalue weighted by molar-refractivity contribution is 7.89.